The van der Waals surface area contributed by atoms with Crippen molar-refractivity contribution in [2.45, 2.75) is 13.8 Å². The first-order valence-corrected chi connectivity index (χ1v) is 9.32. The summed E-state index contributed by atoms with van der Waals surface area (Å²) < 4.78 is 19.9. The van der Waals surface area contributed by atoms with Crippen molar-refractivity contribution in [1.82, 2.24) is 20.4 Å². The Hall–Kier alpha value is -3.30. The average Bonchev–Trinajstić information content (AvgIpc) is 2.72. The molecule has 1 amide bonds. The van der Waals surface area contributed by atoms with Crippen LogP contribution in [0.15, 0.2) is 36.8 Å². The summed E-state index contributed by atoms with van der Waals surface area (Å²) in [6.07, 6.45) is 4.39. The molecule has 0 aliphatic rings. The zero-order valence-electron chi connectivity index (χ0n) is 16.5. The number of nitrogens with zero attached hydrogens (tertiary/aromatic N) is 3. The Labute approximate surface area is 177 Å². The van der Waals surface area contributed by atoms with Crippen LogP contribution in [0, 0.1) is 12.7 Å². The quantitative estimate of drug-likeness (QED) is 0.429. The summed E-state index contributed by atoms with van der Waals surface area (Å²) in [5.41, 5.74) is 4.55. The zero-order valence-corrected chi connectivity index (χ0v) is 17.2. The third kappa shape index (κ3) is 4.81. The van der Waals surface area contributed by atoms with Gasteiger partial charge in [-0.05, 0) is 26.0 Å². The monoisotopic (exact) mass is 431 g/mol. The Morgan fingerprint density at radius 3 is 2.60 bits per heavy atom. The maximum atomic E-state index is 14.4. The molecule has 0 aliphatic carbocycles. The van der Waals surface area contributed by atoms with E-state index in [9.17, 15) is 9.18 Å². The van der Waals surface area contributed by atoms with E-state index in [0.29, 0.717) is 17.0 Å². The van der Waals surface area contributed by atoms with Crippen molar-refractivity contribution < 1.29 is 18.8 Å². The number of halogens is 2. The fourth-order valence-corrected chi connectivity index (χ4v) is 2.84. The minimum atomic E-state index is -0.538. The van der Waals surface area contributed by atoms with Crippen LogP contribution < -0.4 is 15.5 Å². The Balaban J connectivity index is 2.06. The number of rotatable bonds is 7. The summed E-state index contributed by atoms with van der Waals surface area (Å²) in [5.74, 6) is -0.752. The van der Waals surface area contributed by atoms with E-state index in [4.69, 9.17) is 21.2 Å². The lowest BCUT2D eigenvalue weighted by molar-refractivity contribution is 0.0365. The average molecular weight is 432 g/mol. The van der Waals surface area contributed by atoms with Gasteiger partial charge in [0, 0.05) is 24.0 Å². The number of hydrogen-bond donors (Lipinski definition) is 2. The lowest BCUT2D eigenvalue weighted by Gasteiger charge is -2.17. The molecule has 0 radical (unpaired) electrons. The van der Waals surface area contributed by atoms with Gasteiger partial charge in [-0.2, -0.15) is 0 Å². The van der Waals surface area contributed by atoms with Crippen LogP contribution in [0.25, 0.3) is 11.3 Å². The first kappa shape index (κ1) is 21.4. The van der Waals surface area contributed by atoms with Gasteiger partial charge in [0.25, 0.3) is 5.91 Å². The van der Waals surface area contributed by atoms with Crippen LogP contribution in [0.2, 0.25) is 5.15 Å². The van der Waals surface area contributed by atoms with E-state index in [1.165, 1.54) is 37.7 Å². The number of hydrogen-bond acceptors (Lipinski definition) is 7. The van der Waals surface area contributed by atoms with Gasteiger partial charge in [0.15, 0.2) is 5.75 Å². The number of amides is 1. The van der Waals surface area contributed by atoms with Crippen molar-refractivity contribution in [1.29, 1.82) is 0 Å². The molecule has 0 aliphatic heterocycles. The second kappa shape index (κ2) is 9.47. The number of pyridine rings is 1. The molecule has 1 aromatic carbocycles. The second-order valence-corrected chi connectivity index (χ2v) is 6.51. The number of ether oxygens (including phenoxy) is 1. The fourth-order valence-electron chi connectivity index (χ4n) is 2.68. The predicted molar refractivity (Wildman–Crippen MR) is 110 cm³/mol. The van der Waals surface area contributed by atoms with Crippen LogP contribution in [-0.4, -0.2) is 34.6 Å². The molecule has 2 aromatic heterocycles. The topological polar surface area (TPSA) is 98.3 Å². The Kier molecular flexibility index (Phi) is 6.76. The van der Waals surface area contributed by atoms with Crippen LogP contribution in [0.4, 0.5) is 15.8 Å². The van der Waals surface area contributed by atoms with Crippen LogP contribution in [0.3, 0.4) is 0 Å². The number of anilines is 2. The van der Waals surface area contributed by atoms with Crippen LogP contribution >= 0.6 is 11.6 Å². The van der Waals surface area contributed by atoms with Crippen LogP contribution in [-0.2, 0) is 4.84 Å². The molecule has 0 bridgehead atoms. The van der Waals surface area contributed by atoms with E-state index < -0.39 is 11.7 Å². The highest BCUT2D eigenvalue weighted by molar-refractivity contribution is 6.29. The highest BCUT2D eigenvalue weighted by Crippen LogP contribution is 2.38. The van der Waals surface area contributed by atoms with Gasteiger partial charge < -0.3 is 10.1 Å². The number of hydroxylamine groups is 1. The van der Waals surface area contributed by atoms with Gasteiger partial charge in [0.1, 0.15) is 11.0 Å². The number of aromatic nitrogens is 3. The van der Waals surface area contributed by atoms with Crippen LogP contribution in [0.1, 0.15) is 23.0 Å². The minimum absolute atomic E-state index is 0.144. The zero-order chi connectivity index (χ0) is 21.7. The first-order valence-electron chi connectivity index (χ1n) is 8.94. The summed E-state index contributed by atoms with van der Waals surface area (Å²) in [4.78, 5) is 29.8. The van der Waals surface area contributed by atoms with Crippen LogP contribution in [0.5, 0.6) is 5.75 Å². The Bertz CT molecular complexity index is 1060. The SMILES string of the molecule is CCONC(=O)c1cnc(Cl)cc1Nc1cc(F)cc(-c2cnc(C)cn2)c1OC. The van der Waals surface area contributed by atoms with Crippen molar-refractivity contribution in [2.75, 3.05) is 19.0 Å². The van der Waals surface area contributed by atoms with E-state index in [1.807, 2.05) is 0 Å². The highest BCUT2D eigenvalue weighted by atomic mass is 35.5. The van der Waals surface area contributed by atoms with Gasteiger partial charge in [0.05, 0.1) is 48.2 Å². The van der Waals surface area contributed by atoms with Gasteiger partial charge in [-0.3, -0.25) is 19.6 Å². The van der Waals surface area contributed by atoms with Crippen molar-refractivity contribution >= 4 is 28.9 Å². The third-order valence-electron chi connectivity index (χ3n) is 4.01. The summed E-state index contributed by atoms with van der Waals surface area (Å²) in [6, 6.07) is 3.98. The number of carbonyl (C=O) groups excluding carboxylic acids is 1. The number of nitrogens with one attached hydrogen (secondary N) is 2. The normalized spacial score (nSPS) is 10.6. The highest BCUT2D eigenvalue weighted by Gasteiger charge is 2.19. The lowest BCUT2D eigenvalue weighted by atomic mass is 10.1. The molecule has 10 heteroatoms. The van der Waals surface area contributed by atoms with Crippen molar-refractivity contribution in [2.24, 2.45) is 0 Å². The number of methoxy groups -OCH3 is 1. The molecule has 30 heavy (non-hydrogen) atoms. The first-order chi connectivity index (χ1) is 14.4. The molecule has 0 unspecified atom stereocenters. The van der Waals surface area contributed by atoms with Crippen molar-refractivity contribution in [3.8, 4) is 17.0 Å². The number of aryl methyl sites for hydroxylation is 1. The number of carbonyl (C=O) groups is 1. The Morgan fingerprint density at radius 2 is 1.93 bits per heavy atom. The van der Waals surface area contributed by atoms with Gasteiger partial charge in [-0.15, -0.1) is 0 Å². The summed E-state index contributed by atoms with van der Waals surface area (Å²) in [5, 5.41) is 3.14. The molecule has 0 atom stereocenters. The van der Waals surface area contributed by atoms with E-state index in [1.54, 1.807) is 20.0 Å². The smallest absolute Gasteiger partial charge is 0.278 e. The summed E-state index contributed by atoms with van der Waals surface area (Å²) in [7, 11) is 1.45. The standard InChI is InChI=1S/C20H19ClFN5O3/c1-4-30-27-20(28)14-9-25-18(21)7-15(14)26-16-6-12(22)5-13(19(16)29-3)17-10-23-11(2)8-24-17/h5-10H,4H2,1-3H3,(H,25,26)(H,27,28). The largest absolute Gasteiger partial charge is 0.494 e. The lowest BCUT2D eigenvalue weighted by Crippen LogP contribution is -2.24. The molecule has 3 aromatic rings. The molecule has 0 saturated heterocycles. The number of benzene rings is 1. The van der Waals surface area contributed by atoms with Gasteiger partial charge in [0.2, 0.25) is 0 Å². The molecule has 3 rings (SSSR count). The van der Waals surface area contributed by atoms with E-state index in [2.05, 4.69) is 25.7 Å². The maximum Gasteiger partial charge on any atom is 0.278 e. The Morgan fingerprint density at radius 1 is 1.13 bits per heavy atom. The summed E-state index contributed by atoms with van der Waals surface area (Å²) >= 11 is 6.00. The molecule has 8 nitrogen and oxygen atoms in total. The molecule has 0 spiro atoms. The molecular weight excluding hydrogens is 413 g/mol. The van der Waals surface area contributed by atoms with Crippen molar-refractivity contribution in [3.63, 3.8) is 0 Å². The van der Waals surface area contributed by atoms with E-state index in [-0.39, 0.29) is 28.7 Å². The van der Waals surface area contributed by atoms with Gasteiger partial charge >= 0.3 is 0 Å². The van der Waals surface area contributed by atoms with E-state index in [0.717, 1.165) is 5.69 Å². The minimum Gasteiger partial charge on any atom is -0.494 e. The van der Waals surface area contributed by atoms with Gasteiger partial charge in [-0.25, -0.2) is 14.9 Å². The second-order valence-electron chi connectivity index (χ2n) is 6.12. The third-order valence-corrected chi connectivity index (χ3v) is 4.22. The van der Waals surface area contributed by atoms with E-state index >= 15 is 0 Å². The molecule has 2 heterocycles. The summed E-state index contributed by atoms with van der Waals surface area (Å²) in [6.45, 7) is 3.81. The van der Waals surface area contributed by atoms with Crippen molar-refractivity contribution in [3.05, 3.63) is 59.0 Å². The predicted octanol–water partition coefficient (Wildman–Crippen LogP) is 4.07. The molecule has 2 N–H and O–H groups in total. The molecule has 0 saturated carbocycles. The fraction of sp³-hybridized carbons (Fsp3) is 0.200. The molecule has 156 valence electrons. The van der Waals surface area contributed by atoms with Gasteiger partial charge in [-0.1, -0.05) is 11.6 Å². The molecular formula is C20H19ClFN5O3. The maximum absolute atomic E-state index is 14.4. The molecule has 0 fully saturated rings.